The first-order valence-corrected chi connectivity index (χ1v) is 10.3. The molecule has 2 aromatic carbocycles. The molecule has 2 aromatic rings. The van der Waals surface area contributed by atoms with Crippen molar-refractivity contribution in [3.05, 3.63) is 68.1 Å². The van der Waals surface area contributed by atoms with Gasteiger partial charge >= 0.3 is 11.9 Å². The smallest absolute Gasteiger partial charge is 0.338 e. The molecular formula is C22H26Br2O4. The van der Waals surface area contributed by atoms with Gasteiger partial charge in [0.1, 0.15) is 5.60 Å². The van der Waals surface area contributed by atoms with Crippen molar-refractivity contribution in [2.45, 2.75) is 52.6 Å². The number of esters is 1. The summed E-state index contributed by atoms with van der Waals surface area (Å²) >= 11 is 6.65. The Kier molecular flexibility index (Phi) is 8.45. The molecule has 152 valence electrons. The number of benzene rings is 2. The van der Waals surface area contributed by atoms with Gasteiger partial charge in [-0.3, -0.25) is 0 Å². The van der Waals surface area contributed by atoms with Gasteiger partial charge in [0, 0.05) is 8.95 Å². The Balaban J connectivity index is 0.000000280. The maximum atomic E-state index is 11.5. The van der Waals surface area contributed by atoms with Crippen LogP contribution in [-0.2, 0) is 10.2 Å². The van der Waals surface area contributed by atoms with Crippen LogP contribution in [-0.4, -0.2) is 22.6 Å². The minimum atomic E-state index is -0.873. The largest absolute Gasteiger partial charge is 0.478 e. The van der Waals surface area contributed by atoms with Crippen LogP contribution in [0.3, 0.4) is 0 Å². The fourth-order valence-corrected chi connectivity index (χ4v) is 2.87. The Labute approximate surface area is 183 Å². The summed E-state index contributed by atoms with van der Waals surface area (Å²) in [6.45, 7) is 11.6. The van der Waals surface area contributed by atoms with Crippen LogP contribution >= 0.6 is 31.9 Å². The standard InChI is InChI=1S/2C11H13BrO2/c1-11(2,3)14-10(13)8-4-6-9(12)7-5-8;1-11(2,3)9-6-7(12)4-5-8(9)10(13)14/h4-7H,1-3H3;4-6H,1-3H3,(H,13,14). The van der Waals surface area contributed by atoms with Gasteiger partial charge in [-0.15, -0.1) is 0 Å². The van der Waals surface area contributed by atoms with E-state index in [4.69, 9.17) is 9.84 Å². The van der Waals surface area contributed by atoms with Gasteiger partial charge in [0.2, 0.25) is 0 Å². The molecule has 0 aromatic heterocycles. The number of carboxylic acid groups (broad SMARTS) is 1. The molecule has 2 rings (SSSR count). The first-order chi connectivity index (χ1) is 12.7. The number of ether oxygens (including phenoxy) is 1. The second-order valence-corrected chi connectivity index (χ2v) is 10.1. The van der Waals surface area contributed by atoms with Crippen molar-refractivity contribution in [2.75, 3.05) is 0 Å². The molecular weight excluding hydrogens is 488 g/mol. The molecule has 1 N–H and O–H groups in total. The lowest BCUT2D eigenvalue weighted by atomic mass is 9.84. The van der Waals surface area contributed by atoms with Crippen LogP contribution in [0.4, 0.5) is 0 Å². The first kappa shape index (κ1) is 24.4. The molecule has 0 aliphatic rings. The van der Waals surface area contributed by atoms with Crippen molar-refractivity contribution in [1.29, 1.82) is 0 Å². The van der Waals surface area contributed by atoms with E-state index in [1.807, 2.05) is 59.7 Å². The zero-order valence-electron chi connectivity index (χ0n) is 17.0. The maximum Gasteiger partial charge on any atom is 0.338 e. The Bertz CT molecular complexity index is 829. The third-order valence-electron chi connectivity index (χ3n) is 3.50. The average molecular weight is 514 g/mol. The Morgan fingerprint density at radius 3 is 1.79 bits per heavy atom. The van der Waals surface area contributed by atoms with Gasteiger partial charge in [0.05, 0.1) is 11.1 Å². The topological polar surface area (TPSA) is 63.6 Å². The lowest BCUT2D eigenvalue weighted by Gasteiger charge is -2.21. The van der Waals surface area contributed by atoms with E-state index in [1.54, 1.807) is 24.3 Å². The summed E-state index contributed by atoms with van der Waals surface area (Å²) in [4.78, 5) is 22.5. The zero-order valence-corrected chi connectivity index (χ0v) is 20.1. The third-order valence-corrected chi connectivity index (χ3v) is 4.52. The molecule has 0 spiro atoms. The predicted octanol–water partition coefficient (Wildman–Crippen LogP) is 6.85. The van der Waals surface area contributed by atoms with Crippen molar-refractivity contribution < 1.29 is 19.4 Å². The van der Waals surface area contributed by atoms with E-state index in [1.165, 1.54) is 0 Å². The number of carboxylic acids is 1. The molecule has 0 amide bonds. The molecule has 0 heterocycles. The lowest BCUT2D eigenvalue weighted by molar-refractivity contribution is 0.00693. The summed E-state index contributed by atoms with van der Waals surface area (Å²) in [6, 6.07) is 12.4. The van der Waals surface area contributed by atoms with Crippen LogP contribution in [0.25, 0.3) is 0 Å². The molecule has 0 radical (unpaired) electrons. The van der Waals surface area contributed by atoms with Crippen LogP contribution < -0.4 is 0 Å². The van der Waals surface area contributed by atoms with E-state index >= 15 is 0 Å². The van der Waals surface area contributed by atoms with Gasteiger partial charge in [-0.1, -0.05) is 52.6 Å². The van der Waals surface area contributed by atoms with E-state index in [2.05, 4.69) is 31.9 Å². The van der Waals surface area contributed by atoms with Crippen molar-refractivity contribution in [2.24, 2.45) is 0 Å². The van der Waals surface area contributed by atoms with E-state index < -0.39 is 11.6 Å². The Morgan fingerprint density at radius 2 is 1.36 bits per heavy atom. The predicted molar refractivity (Wildman–Crippen MR) is 119 cm³/mol. The number of carbonyl (C=O) groups excluding carboxylic acids is 1. The van der Waals surface area contributed by atoms with E-state index in [0.29, 0.717) is 11.1 Å². The van der Waals surface area contributed by atoms with Gasteiger partial charge in [-0.25, -0.2) is 9.59 Å². The van der Waals surface area contributed by atoms with Crippen LogP contribution in [0.1, 0.15) is 67.8 Å². The first-order valence-electron chi connectivity index (χ1n) is 8.73. The molecule has 0 unspecified atom stereocenters. The number of halogens is 2. The highest BCUT2D eigenvalue weighted by Gasteiger charge is 2.21. The zero-order chi connectivity index (χ0) is 21.7. The van der Waals surface area contributed by atoms with Crippen LogP contribution in [0.5, 0.6) is 0 Å². The van der Waals surface area contributed by atoms with Gasteiger partial charge < -0.3 is 9.84 Å². The molecule has 28 heavy (non-hydrogen) atoms. The molecule has 0 aliphatic carbocycles. The Morgan fingerprint density at radius 1 is 0.857 bits per heavy atom. The van der Waals surface area contributed by atoms with Crippen molar-refractivity contribution in [1.82, 2.24) is 0 Å². The summed E-state index contributed by atoms with van der Waals surface area (Å²) in [5.74, 6) is -1.16. The van der Waals surface area contributed by atoms with Crippen LogP contribution in [0, 0.1) is 0 Å². The van der Waals surface area contributed by atoms with Crippen molar-refractivity contribution in [3.63, 3.8) is 0 Å². The normalized spacial score (nSPS) is 11.3. The summed E-state index contributed by atoms with van der Waals surface area (Å²) in [6.07, 6.45) is 0. The lowest BCUT2D eigenvalue weighted by Crippen LogP contribution is -2.23. The molecule has 4 nitrogen and oxygen atoms in total. The highest BCUT2D eigenvalue weighted by molar-refractivity contribution is 9.10. The molecule has 0 bridgehead atoms. The Hall–Kier alpha value is -1.66. The van der Waals surface area contributed by atoms with E-state index in [0.717, 1.165) is 14.5 Å². The highest BCUT2D eigenvalue weighted by atomic mass is 79.9. The van der Waals surface area contributed by atoms with Gasteiger partial charge in [-0.2, -0.15) is 0 Å². The number of carbonyl (C=O) groups is 2. The van der Waals surface area contributed by atoms with Gasteiger partial charge in [0.25, 0.3) is 0 Å². The van der Waals surface area contributed by atoms with Gasteiger partial charge in [0.15, 0.2) is 0 Å². The second kappa shape index (κ2) is 9.70. The molecule has 0 saturated heterocycles. The summed E-state index contributed by atoms with van der Waals surface area (Å²) in [5.41, 5.74) is 1.20. The second-order valence-electron chi connectivity index (χ2n) is 8.25. The van der Waals surface area contributed by atoms with Crippen molar-refractivity contribution >= 4 is 43.8 Å². The van der Waals surface area contributed by atoms with E-state index in [-0.39, 0.29) is 11.4 Å². The van der Waals surface area contributed by atoms with Gasteiger partial charge in [-0.05, 0) is 74.2 Å². The number of hydrogen-bond donors (Lipinski definition) is 1. The average Bonchev–Trinajstić information content (AvgIpc) is 2.53. The molecule has 0 atom stereocenters. The number of rotatable bonds is 2. The SMILES string of the molecule is CC(C)(C)OC(=O)c1ccc(Br)cc1.CC(C)(C)c1cc(Br)ccc1C(=O)O. The molecule has 0 fully saturated rings. The monoisotopic (exact) mass is 512 g/mol. The summed E-state index contributed by atoms with van der Waals surface area (Å²) in [7, 11) is 0. The molecule has 0 aliphatic heterocycles. The molecule has 6 heteroatoms. The minimum absolute atomic E-state index is 0.155. The summed E-state index contributed by atoms with van der Waals surface area (Å²) < 4.78 is 7.07. The minimum Gasteiger partial charge on any atom is -0.478 e. The number of hydrogen-bond acceptors (Lipinski definition) is 3. The summed E-state index contributed by atoms with van der Waals surface area (Å²) in [5, 5.41) is 9.00. The fourth-order valence-electron chi connectivity index (χ4n) is 2.25. The molecule has 0 saturated carbocycles. The highest BCUT2D eigenvalue weighted by Crippen LogP contribution is 2.28. The van der Waals surface area contributed by atoms with Crippen molar-refractivity contribution in [3.8, 4) is 0 Å². The third kappa shape index (κ3) is 8.15. The quantitative estimate of drug-likeness (QED) is 0.446. The fraction of sp³-hybridized carbons (Fsp3) is 0.364. The van der Waals surface area contributed by atoms with Crippen LogP contribution in [0.15, 0.2) is 51.4 Å². The number of aromatic carboxylic acids is 1. The van der Waals surface area contributed by atoms with E-state index in [9.17, 15) is 9.59 Å². The maximum absolute atomic E-state index is 11.5. The van der Waals surface area contributed by atoms with Crippen LogP contribution in [0.2, 0.25) is 0 Å².